The zero-order valence-corrected chi connectivity index (χ0v) is 14.9. The van der Waals surface area contributed by atoms with E-state index < -0.39 is 10.7 Å². The normalized spacial score (nSPS) is 11.6. The summed E-state index contributed by atoms with van der Waals surface area (Å²) in [5, 5.41) is 25.6. The van der Waals surface area contributed by atoms with Gasteiger partial charge in [0.05, 0.1) is 12.2 Å². The van der Waals surface area contributed by atoms with Crippen LogP contribution in [0.5, 0.6) is 5.75 Å². The lowest BCUT2D eigenvalue weighted by atomic mass is 10.1. The van der Waals surface area contributed by atoms with Gasteiger partial charge in [-0.25, -0.2) is 0 Å². The van der Waals surface area contributed by atoms with Crippen LogP contribution in [0.25, 0.3) is 5.69 Å². The number of aromatic nitrogens is 3. The highest BCUT2D eigenvalue weighted by Gasteiger charge is 2.23. The quantitative estimate of drug-likeness (QED) is 0.407. The lowest BCUT2D eigenvalue weighted by molar-refractivity contribution is -0.391. The first-order valence-corrected chi connectivity index (χ1v) is 8.26. The van der Waals surface area contributed by atoms with Crippen molar-refractivity contribution in [2.24, 2.45) is 4.99 Å². The number of rotatable bonds is 6. The van der Waals surface area contributed by atoms with E-state index in [1.54, 1.807) is 24.3 Å². The summed E-state index contributed by atoms with van der Waals surface area (Å²) in [6.07, 6.45) is 0.590. The van der Waals surface area contributed by atoms with Crippen molar-refractivity contribution in [2.75, 3.05) is 13.7 Å². The van der Waals surface area contributed by atoms with Crippen LogP contribution in [0, 0.1) is 17.0 Å². The highest BCUT2D eigenvalue weighted by atomic mass is 16.6. The van der Waals surface area contributed by atoms with Gasteiger partial charge in [-0.05, 0) is 52.9 Å². The summed E-state index contributed by atoms with van der Waals surface area (Å²) in [7, 11) is 1.53. The minimum Gasteiger partial charge on any atom is -0.497 e. The Hall–Kier alpha value is -3.62. The van der Waals surface area contributed by atoms with E-state index in [9.17, 15) is 15.3 Å². The second-order valence-corrected chi connectivity index (χ2v) is 5.90. The maximum atomic E-state index is 11.3. The predicted octanol–water partition coefficient (Wildman–Crippen LogP) is 2.28. The SMILES string of the molecule is COc1ccc(-n2nc([N+](=O)[O-])c(=NCCc3cccc(C)c3)n2O)cc1. The van der Waals surface area contributed by atoms with E-state index in [1.807, 2.05) is 31.2 Å². The van der Waals surface area contributed by atoms with Gasteiger partial charge in [0.15, 0.2) is 0 Å². The van der Waals surface area contributed by atoms with Crippen LogP contribution < -0.4 is 10.2 Å². The van der Waals surface area contributed by atoms with Crippen molar-refractivity contribution in [1.29, 1.82) is 0 Å². The van der Waals surface area contributed by atoms with Crippen molar-refractivity contribution in [3.63, 3.8) is 0 Å². The molecule has 0 radical (unpaired) electrons. The Morgan fingerprint density at radius 1 is 1.26 bits per heavy atom. The molecule has 9 heteroatoms. The summed E-state index contributed by atoms with van der Waals surface area (Å²) >= 11 is 0. The fourth-order valence-corrected chi connectivity index (χ4v) is 2.65. The molecule has 27 heavy (non-hydrogen) atoms. The summed E-state index contributed by atoms with van der Waals surface area (Å²) in [6.45, 7) is 2.27. The minimum absolute atomic E-state index is 0.205. The van der Waals surface area contributed by atoms with Gasteiger partial charge in [0.25, 0.3) is 5.49 Å². The van der Waals surface area contributed by atoms with Crippen LogP contribution in [0.15, 0.2) is 53.5 Å². The van der Waals surface area contributed by atoms with E-state index in [0.29, 0.717) is 22.7 Å². The molecule has 1 aromatic heterocycles. The molecule has 2 aromatic carbocycles. The van der Waals surface area contributed by atoms with Crippen molar-refractivity contribution >= 4 is 5.82 Å². The van der Waals surface area contributed by atoms with Gasteiger partial charge in [0.2, 0.25) is 0 Å². The topological polar surface area (TPSA) is 108 Å². The summed E-state index contributed by atoms with van der Waals surface area (Å²) in [5.41, 5.74) is 2.42. The highest BCUT2D eigenvalue weighted by Crippen LogP contribution is 2.14. The van der Waals surface area contributed by atoms with Gasteiger partial charge in [-0.2, -0.15) is 0 Å². The number of methoxy groups -OCH3 is 1. The second-order valence-electron chi connectivity index (χ2n) is 5.90. The van der Waals surface area contributed by atoms with E-state index in [2.05, 4.69) is 10.1 Å². The third-order valence-electron chi connectivity index (χ3n) is 3.98. The van der Waals surface area contributed by atoms with Crippen molar-refractivity contribution in [2.45, 2.75) is 13.3 Å². The highest BCUT2D eigenvalue weighted by molar-refractivity contribution is 5.36. The molecule has 0 fully saturated rings. The molecule has 0 unspecified atom stereocenters. The molecule has 1 N–H and O–H groups in total. The van der Waals surface area contributed by atoms with E-state index in [-0.39, 0.29) is 12.0 Å². The summed E-state index contributed by atoms with van der Waals surface area (Å²) < 4.78 is 5.08. The standard InChI is InChI=1S/C18H19N5O4/c1-13-4-3-5-14(12-13)10-11-19-17-18(23(25)26)20-21(22(17)24)15-6-8-16(27-2)9-7-15/h3-9,12,24H,10-11H2,1-2H3. The van der Waals surface area contributed by atoms with Gasteiger partial charge in [-0.15, -0.1) is 0 Å². The predicted molar refractivity (Wildman–Crippen MR) is 97.3 cm³/mol. The molecule has 0 aliphatic heterocycles. The van der Waals surface area contributed by atoms with E-state index in [4.69, 9.17) is 4.74 Å². The van der Waals surface area contributed by atoms with E-state index >= 15 is 0 Å². The lowest BCUT2D eigenvalue weighted by Crippen LogP contribution is -2.23. The van der Waals surface area contributed by atoms with Crippen LogP contribution in [0.3, 0.4) is 0 Å². The van der Waals surface area contributed by atoms with Gasteiger partial charge in [-0.3, -0.25) is 4.99 Å². The third-order valence-corrected chi connectivity index (χ3v) is 3.98. The molecule has 0 aliphatic carbocycles. The second kappa shape index (κ2) is 7.73. The van der Waals surface area contributed by atoms with Crippen LogP contribution >= 0.6 is 0 Å². The Bertz CT molecular complexity index is 1020. The monoisotopic (exact) mass is 369 g/mol. The first-order chi connectivity index (χ1) is 13.0. The Morgan fingerprint density at radius 2 is 2.00 bits per heavy atom. The van der Waals surface area contributed by atoms with Gasteiger partial charge >= 0.3 is 5.82 Å². The molecule has 0 saturated carbocycles. The number of ether oxygens (including phenoxy) is 1. The number of hydrogen-bond acceptors (Lipinski definition) is 6. The fraction of sp³-hybridized carbons (Fsp3) is 0.222. The summed E-state index contributed by atoms with van der Waals surface area (Å²) in [4.78, 5) is 16.4. The van der Waals surface area contributed by atoms with Gasteiger partial charge in [0.1, 0.15) is 11.4 Å². The van der Waals surface area contributed by atoms with Crippen molar-refractivity contribution in [3.05, 3.63) is 75.3 Å². The lowest BCUT2D eigenvalue weighted by Gasteiger charge is -2.02. The fourth-order valence-electron chi connectivity index (χ4n) is 2.65. The molecule has 9 nitrogen and oxygen atoms in total. The first kappa shape index (κ1) is 18.2. The number of hydrogen-bond donors (Lipinski definition) is 1. The number of nitrogens with zero attached hydrogens (tertiary/aromatic N) is 5. The molecule has 1 heterocycles. The van der Waals surface area contributed by atoms with Crippen molar-refractivity contribution in [3.8, 4) is 11.4 Å². The average molecular weight is 369 g/mol. The molecule has 3 aromatic rings. The molecule has 0 spiro atoms. The zero-order valence-electron chi connectivity index (χ0n) is 14.9. The van der Waals surface area contributed by atoms with Crippen LogP contribution in [0.1, 0.15) is 11.1 Å². The summed E-state index contributed by atoms with van der Waals surface area (Å²) in [6, 6.07) is 14.5. The zero-order chi connectivity index (χ0) is 19.4. The first-order valence-electron chi connectivity index (χ1n) is 8.26. The molecular weight excluding hydrogens is 350 g/mol. The van der Waals surface area contributed by atoms with E-state index in [1.165, 1.54) is 7.11 Å². The maximum absolute atomic E-state index is 11.3. The molecule has 3 rings (SSSR count). The molecule has 0 atom stereocenters. The molecule has 0 aliphatic rings. The molecular formula is C18H19N5O4. The van der Waals surface area contributed by atoms with Crippen LogP contribution in [0.4, 0.5) is 5.82 Å². The van der Waals surface area contributed by atoms with Crippen LogP contribution in [-0.4, -0.2) is 38.5 Å². The van der Waals surface area contributed by atoms with Gasteiger partial charge < -0.3 is 20.1 Å². The minimum atomic E-state index is -0.668. The Kier molecular flexibility index (Phi) is 5.20. The molecule has 0 amide bonds. The Labute approximate surface area is 154 Å². The van der Waals surface area contributed by atoms with Gasteiger partial charge in [-0.1, -0.05) is 34.7 Å². The maximum Gasteiger partial charge on any atom is 0.438 e. The Morgan fingerprint density at radius 3 is 2.63 bits per heavy atom. The number of benzene rings is 2. The average Bonchev–Trinajstić information content (AvgIpc) is 2.99. The number of nitro groups is 1. The van der Waals surface area contributed by atoms with Crippen molar-refractivity contribution in [1.82, 2.24) is 14.7 Å². The van der Waals surface area contributed by atoms with Gasteiger partial charge in [0, 0.05) is 6.54 Å². The Balaban J connectivity index is 1.93. The molecule has 140 valence electrons. The largest absolute Gasteiger partial charge is 0.497 e. The van der Waals surface area contributed by atoms with E-state index in [0.717, 1.165) is 15.9 Å². The smallest absolute Gasteiger partial charge is 0.438 e. The number of aryl methyl sites for hydroxylation is 1. The van der Waals surface area contributed by atoms with Crippen molar-refractivity contribution < 1.29 is 14.9 Å². The summed E-state index contributed by atoms with van der Waals surface area (Å²) in [5.74, 6) is 0.102. The van der Waals surface area contributed by atoms with Crippen LogP contribution in [0.2, 0.25) is 0 Å². The molecule has 0 bridgehead atoms. The van der Waals surface area contributed by atoms with Crippen LogP contribution in [-0.2, 0) is 6.42 Å². The molecule has 0 saturated heterocycles. The third kappa shape index (κ3) is 3.97.